The first kappa shape index (κ1) is 14.0. The summed E-state index contributed by atoms with van der Waals surface area (Å²) in [7, 11) is 0. The molecule has 2 rings (SSSR count). The van der Waals surface area contributed by atoms with Gasteiger partial charge in [0.15, 0.2) is 11.6 Å². The van der Waals surface area contributed by atoms with E-state index in [-0.39, 0.29) is 6.04 Å². The molecule has 2 nitrogen and oxygen atoms in total. The SMILES string of the molecule is CCCNC(C1=COCCC1)c1ccc(F)c(F)c1. The molecule has 1 N–H and O–H groups in total. The van der Waals surface area contributed by atoms with Gasteiger partial charge in [0.05, 0.1) is 18.9 Å². The molecule has 0 saturated carbocycles. The Morgan fingerprint density at radius 3 is 2.79 bits per heavy atom. The molecule has 0 aromatic heterocycles. The van der Waals surface area contributed by atoms with E-state index in [1.165, 1.54) is 12.1 Å². The lowest BCUT2D eigenvalue weighted by Crippen LogP contribution is -2.25. The Hall–Kier alpha value is -1.42. The Morgan fingerprint density at radius 1 is 1.32 bits per heavy atom. The van der Waals surface area contributed by atoms with Crippen LogP contribution in [0.2, 0.25) is 0 Å². The molecule has 104 valence electrons. The van der Waals surface area contributed by atoms with Crippen LogP contribution in [0.4, 0.5) is 8.78 Å². The Balaban J connectivity index is 2.25. The summed E-state index contributed by atoms with van der Waals surface area (Å²) in [6, 6.07) is 3.96. The van der Waals surface area contributed by atoms with Gasteiger partial charge < -0.3 is 10.1 Å². The zero-order chi connectivity index (χ0) is 13.7. The quantitative estimate of drug-likeness (QED) is 0.878. The summed E-state index contributed by atoms with van der Waals surface area (Å²) in [6.07, 6.45) is 4.60. The van der Waals surface area contributed by atoms with Gasteiger partial charge in [0.25, 0.3) is 0 Å². The third kappa shape index (κ3) is 3.53. The molecule has 1 unspecified atom stereocenters. The predicted octanol–water partition coefficient (Wildman–Crippen LogP) is 3.70. The molecular weight excluding hydrogens is 248 g/mol. The molecule has 0 radical (unpaired) electrons. The molecular formula is C15H19F2NO. The fourth-order valence-electron chi connectivity index (χ4n) is 2.24. The van der Waals surface area contributed by atoms with E-state index in [1.807, 2.05) is 0 Å². The van der Waals surface area contributed by atoms with Crippen LogP contribution in [0.5, 0.6) is 0 Å². The lowest BCUT2D eigenvalue weighted by atomic mass is 9.95. The summed E-state index contributed by atoms with van der Waals surface area (Å²) in [6.45, 7) is 3.61. The lowest BCUT2D eigenvalue weighted by Gasteiger charge is -2.25. The predicted molar refractivity (Wildman–Crippen MR) is 70.7 cm³/mol. The van der Waals surface area contributed by atoms with E-state index < -0.39 is 11.6 Å². The zero-order valence-corrected chi connectivity index (χ0v) is 11.1. The van der Waals surface area contributed by atoms with Crippen LogP contribution in [-0.4, -0.2) is 13.2 Å². The molecule has 0 spiro atoms. The summed E-state index contributed by atoms with van der Waals surface area (Å²) < 4.78 is 31.7. The van der Waals surface area contributed by atoms with Crippen molar-refractivity contribution in [3.63, 3.8) is 0 Å². The monoisotopic (exact) mass is 267 g/mol. The number of nitrogens with one attached hydrogen (secondary N) is 1. The number of ether oxygens (including phenoxy) is 1. The lowest BCUT2D eigenvalue weighted by molar-refractivity contribution is 0.219. The minimum atomic E-state index is -0.813. The number of halogens is 2. The highest BCUT2D eigenvalue weighted by Gasteiger charge is 2.19. The Kier molecular flexibility index (Phi) is 4.91. The summed E-state index contributed by atoms with van der Waals surface area (Å²) in [5, 5.41) is 3.36. The smallest absolute Gasteiger partial charge is 0.159 e. The van der Waals surface area contributed by atoms with Crippen molar-refractivity contribution in [2.24, 2.45) is 0 Å². The van der Waals surface area contributed by atoms with Gasteiger partial charge in [-0.15, -0.1) is 0 Å². The highest BCUT2D eigenvalue weighted by molar-refractivity contribution is 5.29. The standard InChI is InChI=1S/C15H19F2NO/c1-2-7-18-15(12-4-3-8-19-10-12)11-5-6-13(16)14(17)9-11/h5-6,9-10,15,18H,2-4,7-8H2,1H3. The van der Waals surface area contributed by atoms with Crippen molar-refractivity contribution in [3.05, 3.63) is 47.2 Å². The molecule has 19 heavy (non-hydrogen) atoms. The number of hydrogen-bond donors (Lipinski definition) is 1. The molecule has 1 heterocycles. The highest BCUT2D eigenvalue weighted by atomic mass is 19.2. The third-order valence-electron chi connectivity index (χ3n) is 3.21. The first-order valence-corrected chi connectivity index (χ1v) is 6.71. The van der Waals surface area contributed by atoms with Gasteiger partial charge in [-0.05, 0) is 49.1 Å². The van der Waals surface area contributed by atoms with E-state index in [4.69, 9.17) is 4.74 Å². The van der Waals surface area contributed by atoms with Gasteiger partial charge in [0.2, 0.25) is 0 Å². The van der Waals surface area contributed by atoms with Gasteiger partial charge in [-0.25, -0.2) is 8.78 Å². The van der Waals surface area contributed by atoms with Crippen LogP contribution >= 0.6 is 0 Å². The van der Waals surface area contributed by atoms with Gasteiger partial charge >= 0.3 is 0 Å². The molecule has 1 aromatic carbocycles. The van der Waals surface area contributed by atoms with E-state index in [1.54, 1.807) is 12.3 Å². The molecule has 0 fully saturated rings. The maximum absolute atomic E-state index is 13.4. The molecule has 1 aromatic rings. The van der Waals surface area contributed by atoms with Crippen molar-refractivity contribution in [1.29, 1.82) is 0 Å². The molecule has 0 saturated heterocycles. The second-order valence-corrected chi connectivity index (χ2v) is 4.73. The van der Waals surface area contributed by atoms with Gasteiger partial charge in [-0.2, -0.15) is 0 Å². The van der Waals surface area contributed by atoms with Gasteiger partial charge in [0.1, 0.15) is 0 Å². The van der Waals surface area contributed by atoms with E-state index >= 15 is 0 Å². The normalized spacial score (nSPS) is 16.7. The molecule has 4 heteroatoms. The van der Waals surface area contributed by atoms with E-state index in [0.717, 1.165) is 43.6 Å². The molecule has 0 bridgehead atoms. The van der Waals surface area contributed by atoms with Gasteiger partial charge in [-0.3, -0.25) is 0 Å². The molecule has 1 atom stereocenters. The van der Waals surface area contributed by atoms with Crippen LogP contribution in [-0.2, 0) is 4.74 Å². The Labute approximate surface area is 112 Å². The van der Waals surface area contributed by atoms with Crippen LogP contribution in [0.15, 0.2) is 30.0 Å². The summed E-state index contributed by atoms with van der Waals surface area (Å²) in [4.78, 5) is 0. The van der Waals surface area contributed by atoms with Crippen molar-refractivity contribution < 1.29 is 13.5 Å². The van der Waals surface area contributed by atoms with Crippen LogP contribution in [0, 0.1) is 11.6 Å². The number of hydrogen-bond acceptors (Lipinski definition) is 2. The van der Waals surface area contributed by atoms with Crippen LogP contribution in [0.3, 0.4) is 0 Å². The minimum absolute atomic E-state index is 0.102. The maximum atomic E-state index is 13.4. The molecule has 1 aliphatic rings. The Bertz CT molecular complexity index is 459. The number of benzene rings is 1. The molecule has 1 aliphatic heterocycles. The van der Waals surface area contributed by atoms with Crippen molar-refractivity contribution in [1.82, 2.24) is 5.32 Å². The first-order chi connectivity index (χ1) is 9.22. The second-order valence-electron chi connectivity index (χ2n) is 4.73. The summed E-state index contributed by atoms with van der Waals surface area (Å²) in [5.41, 5.74) is 1.83. The van der Waals surface area contributed by atoms with Crippen molar-refractivity contribution in [2.45, 2.75) is 32.2 Å². The van der Waals surface area contributed by atoms with Gasteiger partial charge in [-0.1, -0.05) is 13.0 Å². The van der Waals surface area contributed by atoms with Gasteiger partial charge in [0, 0.05) is 0 Å². The van der Waals surface area contributed by atoms with E-state index in [2.05, 4.69) is 12.2 Å². The maximum Gasteiger partial charge on any atom is 0.159 e. The van der Waals surface area contributed by atoms with Crippen molar-refractivity contribution >= 4 is 0 Å². The second kappa shape index (κ2) is 6.66. The fraction of sp³-hybridized carbons (Fsp3) is 0.467. The zero-order valence-electron chi connectivity index (χ0n) is 11.1. The average Bonchev–Trinajstić information content (AvgIpc) is 2.44. The van der Waals surface area contributed by atoms with Crippen molar-refractivity contribution in [3.8, 4) is 0 Å². The fourth-order valence-corrected chi connectivity index (χ4v) is 2.24. The number of rotatable bonds is 5. The average molecular weight is 267 g/mol. The Morgan fingerprint density at radius 2 is 2.16 bits per heavy atom. The first-order valence-electron chi connectivity index (χ1n) is 6.71. The van der Waals surface area contributed by atoms with Crippen molar-refractivity contribution in [2.75, 3.05) is 13.2 Å². The topological polar surface area (TPSA) is 21.3 Å². The third-order valence-corrected chi connectivity index (χ3v) is 3.21. The summed E-state index contributed by atoms with van der Waals surface area (Å²) in [5.74, 6) is -1.62. The highest BCUT2D eigenvalue weighted by Crippen LogP contribution is 2.28. The van der Waals surface area contributed by atoms with Crippen LogP contribution in [0.25, 0.3) is 0 Å². The summed E-state index contributed by atoms with van der Waals surface area (Å²) >= 11 is 0. The molecule has 0 amide bonds. The van der Waals surface area contributed by atoms with E-state index in [9.17, 15) is 8.78 Å². The largest absolute Gasteiger partial charge is 0.501 e. The van der Waals surface area contributed by atoms with Crippen LogP contribution in [0.1, 0.15) is 37.8 Å². The van der Waals surface area contributed by atoms with E-state index in [0.29, 0.717) is 0 Å². The minimum Gasteiger partial charge on any atom is -0.501 e. The molecule has 0 aliphatic carbocycles. The van der Waals surface area contributed by atoms with Crippen LogP contribution < -0.4 is 5.32 Å².